The first-order chi connectivity index (χ1) is 13.2. The lowest BCUT2D eigenvalue weighted by Crippen LogP contribution is -2.53. The third-order valence-electron chi connectivity index (χ3n) is 6.43. The second-order valence-corrected chi connectivity index (χ2v) is 8.55. The predicted octanol–water partition coefficient (Wildman–Crippen LogP) is 2.01. The molecule has 1 aromatic heterocycles. The van der Waals surface area contributed by atoms with Crippen LogP contribution in [0.3, 0.4) is 0 Å². The molecule has 0 saturated carbocycles. The number of aromatic nitrogens is 3. The molecular formula is C20H34N6O. The fourth-order valence-electron chi connectivity index (χ4n) is 4.94. The van der Waals surface area contributed by atoms with Crippen molar-refractivity contribution in [1.82, 2.24) is 25.0 Å². The van der Waals surface area contributed by atoms with Gasteiger partial charge >= 0.3 is 0 Å². The Kier molecular flexibility index (Phi) is 5.66. The van der Waals surface area contributed by atoms with E-state index in [-0.39, 0.29) is 0 Å². The van der Waals surface area contributed by atoms with E-state index in [9.17, 15) is 0 Å². The molecule has 4 rings (SSSR count). The molecule has 2 saturated heterocycles. The number of hydrogen-bond acceptors (Lipinski definition) is 4. The summed E-state index contributed by atoms with van der Waals surface area (Å²) in [7, 11) is 0. The number of likely N-dealkylation sites (tertiary alicyclic amines) is 1. The summed E-state index contributed by atoms with van der Waals surface area (Å²) in [5.74, 6) is 3.82. The third kappa shape index (κ3) is 4.13. The molecular weight excluding hydrogens is 340 g/mol. The summed E-state index contributed by atoms with van der Waals surface area (Å²) in [5, 5.41) is 12.0. The lowest BCUT2D eigenvalue weighted by Gasteiger charge is -2.45. The van der Waals surface area contributed by atoms with Gasteiger partial charge in [-0.1, -0.05) is 0 Å². The minimum Gasteiger partial charge on any atom is -0.381 e. The third-order valence-corrected chi connectivity index (χ3v) is 6.43. The number of fused-ring (bicyclic) bond motifs is 1. The molecule has 27 heavy (non-hydrogen) atoms. The van der Waals surface area contributed by atoms with Crippen LogP contribution in [0.2, 0.25) is 0 Å². The summed E-state index contributed by atoms with van der Waals surface area (Å²) in [4.78, 5) is 7.55. The Hall–Kier alpha value is -1.63. The van der Waals surface area contributed by atoms with Gasteiger partial charge in [0.1, 0.15) is 11.6 Å². The highest BCUT2D eigenvalue weighted by atomic mass is 16.5. The normalized spacial score (nSPS) is 29.0. The van der Waals surface area contributed by atoms with Gasteiger partial charge in [-0.2, -0.15) is 0 Å². The molecule has 3 aliphatic rings. The summed E-state index contributed by atoms with van der Waals surface area (Å²) < 4.78 is 8.11. The highest BCUT2D eigenvalue weighted by Crippen LogP contribution is 2.37. The Morgan fingerprint density at radius 1 is 1.33 bits per heavy atom. The van der Waals surface area contributed by atoms with E-state index in [1.165, 1.54) is 25.7 Å². The summed E-state index contributed by atoms with van der Waals surface area (Å²) in [6.07, 6.45) is 7.19. The number of hydrogen-bond donors (Lipinski definition) is 1. The van der Waals surface area contributed by atoms with Crippen molar-refractivity contribution >= 4 is 5.96 Å². The monoisotopic (exact) mass is 374 g/mol. The molecule has 0 bridgehead atoms. The van der Waals surface area contributed by atoms with Crippen molar-refractivity contribution < 1.29 is 4.74 Å². The van der Waals surface area contributed by atoms with Crippen LogP contribution in [-0.4, -0.2) is 65.0 Å². The van der Waals surface area contributed by atoms with Gasteiger partial charge in [-0.15, -0.1) is 10.2 Å². The molecule has 1 N–H and O–H groups in total. The smallest absolute Gasteiger partial charge is 0.193 e. The van der Waals surface area contributed by atoms with Crippen molar-refractivity contribution in [3.8, 4) is 0 Å². The van der Waals surface area contributed by atoms with Crippen molar-refractivity contribution in [3.63, 3.8) is 0 Å². The first-order valence-corrected chi connectivity index (χ1v) is 10.7. The van der Waals surface area contributed by atoms with Gasteiger partial charge in [0.25, 0.3) is 0 Å². The lowest BCUT2D eigenvalue weighted by atomic mass is 9.76. The number of piperidine rings is 1. The van der Waals surface area contributed by atoms with E-state index < -0.39 is 0 Å². The van der Waals surface area contributed by atoms with Gasteiger partial charge in [0.2, 0.25) is 0 Å². The maximum atomic E-state index is 5.84. The first kappa shape index (κ1) is 18.7. The van der Waals surface area contributed by atoms with E-state index in [2.05, 4.69) is 31.9 Å². The van der Waals surface area contributed by atoms with E-state index in [1.807, 2.05) is 6.92 Å². The van der Waals surface area contributed by atoms with Crippen LogP contribution in [0.25, 0.3) is 0 Å². The largest absolute Gasteiger partial charge is 0.381 e. The summed E-state index contributed by atoms with van der Waals surface area (Å²) >= 11 is 0. The molecule has 2 fully saturated rings. The zero-order valence-corrected chi connectivity index (χ0v) is 16.9. The topological polar surface area (TPSA) is 67.6 Å². The average molecular weight is 375 g/mol. The fraction of sp³-hybridized carbons (Fsp3) is 0.850. The molecule has 1 spiro atoms. The lowest BCUT2D eigenvalue weighted by molar-refractivity contribution is -0.0370. The minimum atomic E-state index is 0.339. The van der Waals surface area contributed by atoms with Crippen LogP contribution in [0, 0.1) is 18.3 Å². The summed E-state index contributed by atoms with van der Waals surface area (Å²) in [6, 6.07) is 0. The number of ether oxygens (including phenoxy) is 1. The Morgan fingerprint density at radius 2 is 2.22 bits per heavy atom. The van der Waals surface area contributed by atoms with Crippen molar-refractivity contribution in [2.45, 2.75) is 58.9 Å². The van der Waals surface area contributed by atoms with Gasteiger partial charge in [-0.25, -0.2) is 0 Å². The van der Waals surface area contributed by atoms with Crippen LogP contribution in [-0.2, 0) is 17.7 Å². The maximum absolute atomic E-state index is 5.84. The van der Waals surface area contributed by atoms with Crippen molar-refractivity contribution in [3.05, 3.63) is 11.6 Å². The zero-order valence-electron chi connectivity index (χ0n) is 16.9. The fourth-order valence-corrected chi connectivity index (χ4v) is 4.94. The van der Waals surface area contributed by atoms with Gasteiger partial charge in [0.15, 0.2) is 5.96 Å². The Labute approximate surface area is 162 Å². The second-order valence-electron chi connectivity index (χ2n) is 8.55. The number of aryl methyl sites for hydroxylation is 2. The molecule has 7 nitrogen and oxygen atoms in total. The van der Waals surface area contributed by atoms with Gasteiger partial charge in [-0.3, -0.25) is 4.99 Å². The van der Waals surface area contributed by atoms with Crippen molar-refractivity contribution in [2.75, 3.05) is 39.4 Å². The summed E-state index contributed by atoms with van der Waals surface area (Å²) in [6.45, 7) is 11.0. The van der Waals surface area contributed by atoms with Crippen LogP contribution in [0.1, 0.15) is 50.7 Å². The maximum Gasteiger partial charge on any atom is 0.193 e. The predicted molar refractivity (Wildman–Crippen MR) is 106 cm³/mol. The average Bonchev–Trinajstić information content (AvgIpc) is 3.06. The van der Waals surface area contributed by atoms with Crippen LogP contribution >= 0.6 is 0 Å². The number of guanidine groups is 1. The van der Waals surface area contributed by atoms with Crippen molar-refractivity contribution in [2.24, 2.45) is 16.3 Å². The molecule has 4 heterocycles. The van der Waals surface area contributed by atoms with Crippen molar-refractivity contribution in [1.29, 1.82) is 0 Å². The second kappa shape index (κ2) is 8.17. The van der Waals surface area contributed by atoms with Gasteiger partial charge in [0, 0.05) is 51.2 Å². The highest BCUT2D eigenvalue weighted by molar-refractivity contribution is 5.80. The number of nitrogens with zero attached hydrogens (tertiary/aromatic N) is 5. The van der Waals surface area contributed by atoms with E-state index in [1.54, 1.807) is 0 Å². The van der Waals surface area contributed by atoms with E-state index in [0.29, 0.717) is 11.3 Å². The Balaban J connectivity index is 1.42. The van der Waals surface area contributed by atoms with Gasteiger partial charge in [0.05, 0.1) is 6.61 Å². The molecule has 0 radical (unpaired) electrons. The van der Waals surface area contributed by atoms with E-state index >= 15 is 0 Å². The van der Waals surface area contributed by atoms with E-state index in [4.69, 9.17) is 9.73 Å². The number of nitrogens with one attached hydrogen (secondary N) is 1. The SMILES string of the molecule is CCNC(=NCC1CCc2nnc(C)n2C1)N1CCCC2(CCCOC2)C1. The van der Waals surface area contributed by atoms with Crippen LogP contribution in [0.15, 0.2) is 4.99 Å². The minimum absolute atomic E-state index is 0.339. The molecule has 0 aliphatic carbocycles. The molecule has 7 heteroatoms. The van der Waals surface area contributed by atoms with E-state index in [0.717, 1.165) is 76.4 Å². The molecule has 0 amide bonds. The van der Waals surface area contributed by atoms with Crippen LogP contribution in [0.4, 0.5) is 0 Å². The zero-order chi connectivity index (χ0) is 18.7. The number of rotatable bonds is 3. The van der Waals surface area contributed by atoms with Gasteiger partial charge < -0.3 is 19.5 Å². The van der Waals surface area contributed by atoms with Gasteiger partial charge in [-0.05, 0) is 51.9 Å². The quantitative estimate of drug-likeness (QED) is 0.647. The first-order valence-electron chi connectivity index (χ1n) is 10.7. The number of aliphatic imine (C=N–C) groups is 1. The Morgan fingerprint density at radius 3 is 3.04 bits per heavy atom. The highest BCUT2D eigenvalue weighted by Gasteiger charge is 2.38. The molecule has 3 aliphatic heterocycles. The molecule has 1 aromatic rings. The van der Waals surface area contributed by atoms with Crippen LogP contribution in [0.5, 0.6) is 0 Å². The molecule has 0 aromatic carbocycles. The molecule has 2 atom stereocenters. The molecule has 2 unspecified atom stereocenters. The standard InChI is InChI=1S/C20H34N6O/c1-3-21-19(25-10-4-8-20(14-25)9-5-11-27-15-20)22-12-17-6-7-18-24-23-16(2)26(18)13-17/h17H,3-15H2,1-2H3,(H,21,22). The summed E-state index contributed by atoms with van der Waals surface area (Å²) in [5.41, 5.74) is 0.339. The molecule has 150 valence electrons. The Bertz CT molecular complexity index is 658. The van der Waals surface area contributed by atoms with Crippen LogP contribution < -0.4 is 5.32 Å².